The minimum absolute atomic E-state index is 0.0251. The van der Waals surface area contributed by atoms with E-state index in [2.05, 4.69) is 85.8 Å². The largest absolute Gasteiger partial charge is 0.0683 e. The average Bonchev–Trinajstić information content (AvgIpc) is 3.25. The lowest BCUT2D eigenvalue weighted by Crippen LogP contribution is -2.23. The van der Waals surface area contributed by atoms with E-state index in [-0.39, 0.29) is 5.41 Å². The second kappa shape index (κ2) is 6.34. The van der Waals surface area contributed by atoms with E-state index in [0.29, 0.717) is 0 Å². The van der Waals surface area contributed by atoms with Crippen LogP contribution in [0.1, 0.15) is 48.1 Å². The van der Waals surface area contributed by atoms with Gasteiger partial charge in [0, 0.05) is 5.41 Å². The van der Waals surface area contributed by atoms with Crippen LogP contribution in [0.2, 0.25) is 0 Å². The lowest BCUT2D eigenvalue weighted by atomic mass is 9.73. The zero-order valence-electron chi connectivity index (χ0n) is 16.9. The van der Waals surface area contributed by atoms with Crippen LogP contribution < -0.4 is 0 Å². The Hall–Kier alpha value is -2.86. The quantitative estimate of drug-likeness (QED) is 0.305. The van der Waals surface area contributed by atoms with E-state index >= 15 is 0 Å². The molecule has 0 fully saturated rings. The highest BCUT2D eigenvalue weighted by Gasteiger charge is 2.48. The third-order valence-corrected chi connectivity index (χ3v) is 6.51. The first kappa shape index (κ1) is 17.3. The fourth-order valence-electron chi connectivity index (χ4n) is 5.39. The van der Waals surface area contributed by atoms with Gasteiger partial charge in [0.15, 0.2) is 0 Å². The van der Waals surface area contributed by atoms with Gasteiger partial charge in [-0.15, -0.1) is 0 Å². The van der Waals surface area contributed by atoms with Crippen LogP contribution in [0, 0.1) is 6.92 Å². The third-order valence-electron chi connectivity index (χ3n) is 6.51. The molecule has 2 aliphatic carbocycles. The molecule has 138 valence electrons. The van der Waals surface area contributed by atoms with Crippen molar-refractivity contribution in [1.29, 1.82) is 0 Å². The van der Waals surface area contributed by atoms with Crippen LogP contribution in [0.3, 0.4) is 0 Å². The van der Waals surface area contributed by atoms with Gasteiger partial charge in [0.25, 0.3) is 0 Å². The van der Waals surface area contributed by atoms with Gasteiger partial charge in [0.1, 0.15) is 0 Å². The van der Waals surface area contributed by atoms with E-state index in [1.165, 1.54) is 56.1 Å². The van der Waals surface area contributed by atoms with E-state index in [1.807, 2.05) is 13.8 Å². The highest BCUT2D eigenvalue weighted by molar-refractivity contribution is 5.89. The summed E-state index contributed by atoms with van der Waals surface area (Å²) in [6.07, 6.45) is 2.33. The van der Waals surface area contributed by atoms with Gasteiger partial charge in [0.2, 0.25) is 0 Å². The molecule has 0 nitrogen and oxygen atoms in total. The van der Waals surface area contributed by atoms with Crippen LogP contribution >= 0.6 is 0 Å². The van der Waals surface area contributed by atoms with Crippen molar-refractivity contribution in [2.75, 3.05) is 0 Å². The molecule has 0 heteroatoms. The lowest BCUT2D eigenvalue weighted by Gasteiger charge is -2.29. The van der Waals surface area contributed by atoms with E-state index < -0.39 is 0 Å². The SMILES string of the molecule is CC.Cc1ccc2c(c1)C1(CCc3cc4ccccc4cc31)c1ccccc1-2. The molecule has 0 saturated heterocycles. The molecule has 0 amide bonds. The maximum atomic E-state index is 2.46. The molecule has 0 aromatic heterocycles. The van der Waals surface area contributed by atoms with E-state index in [0.717, 1.165) is 6.42 Å². The van der Waals surface area contributed by atoms with Crippen molar-refractivity contribution in [3.63, 3.8) is 0 Å². The molecular formula is C28H26. The Bertz CT molecular complexity index is 1200. The van der Waals surface area contributed by atoms with Crippen molar-refractivity contribution < 1.29 is 0 Å². The zero-order valence-corrected chi connectivity index (χ0v) is 16.9. The Kier molecular flexibility index (Phi) is 3.91. The summed E-state index contributed by atoms with van der Waals surface area (Å²) >= 11 is 0. The molecule has 0 radical (unpaired) electrons. The number of aryl methyl sites for hydroxylation is 2. The van der Waals surface area contributed by atoms with Gasteiger partial charge in [-0.3, -0.25) is 0 Å². The van der Waals surface area contributed by atoms with Crippen molar-refractivity contribution in [1.82, 2.24) is 0 Å². The van der Waals surface area contributed by atoms with Gasteiger partial charge in [-0.05, 0) is 70.0 Å². The number of benzene rings is 4. The number of rotatable bonds is 0. The van der Waals surface area contributed by atoms with Gasteiger partial charge in [-0.25, -0.2) is 0 Å². The van der Waals surface area contributed by atoms with Crippen LogP contribution in [-0.4, -0.2) is 0 Å². The molecule has 0 saturated carbocycles. The maximum Gasteiger partial charge on any atom is 0.0469 e. The van der Waals surface area contributed by atoms with Crippen LogP contribution in [0.4, 0.5) is 0 Å². The molecule has 1 unspecified atom stereocenters. The van der Waals surface area contributed by atoms with Gasteiger partial charge >= 0.3 is 0 Å². The Morgan fingerprint density at radius 1 is 0.643 bits per heavy atom. The molecule has 0 N–H and O–H groups in total. The van der Waals surface area contributed by atoms with Crippen molar-refractivity contribution >= 4 is 10.8 Å². The van der Waals surface area contributed by atoms with Crippen LogP contribution in [0.25, 0.3) is 21.9 Å². The van der Waals surface area contributed by atoms with E-state index in [9.17, 15) is 0 Å². The van der Waals surface area contributed by atoms with Crippen molar-refractivity contribution in [2.24, 2.45) is 0 Å². The summed E-state index contributed by atoms with van der Waals surface area (Å²) in [6, 6.07) is 29.7. The summed E-state index contributed by atoms with van der Waals surface area (Å²) in [4.78, 5) is 0. The first-order valence-corrected chi connectivity index (χ1v) is 10.5. The first-order chi connectivity index (χ1) is 13.8. The average molecular weight is 363 g/mol. The monoisotopic (exact) mass is 362 g/mol. The molecule has 1 atom stereocenters. The Balaban J connectivity index is 0.000000829. The lowest BCUT2D eigenvalue weighted by molar-refractivity contribution is 0.626. The van der Waals surface area contributed by atoms with Gasteiger partial charge in [-0.1, -0.05) is 92.2 Å². The molecule has 4 aromatic rings. The summed E-state index contributed by atoms with van der Waals surface area (Å²) in [6.45, 7) is 6.22. The summed E-state index contributed by atoms with van der Waals surface area (Å²) in [5, 5.41) is 2.71. The predicted molar refractivity (Wildman–Crippen MR) is 120 cm³/mol. The zero-order chi connectivity index (χ0) is 19.3. The molecule has 28 heavy (non-hydrogen) atoms. The molecule has 2 aliphatic rings. The second-order valence-electron chi connectivity index (χ2n) is 7.86. The molecule has 1 spiro atoms. The number of hydrogen-bond donors (Lipinski definition) is 0. The van der Waals surface area contributed by atoms with Crippen molar-refractivity contribution in [3.8, 4) is 11.1 Å². The van der Waals surface area contributed by atoms with Gasteiger partial charge < -0.3 is 0 Å². The minimum Gasteiger partial charge on any atom is -0.0683 e. The fourth-order valence-corrected chi connectivity index (χ4v) is 5.39. The van der Waals surface area contributed by atoms with Crippen molar-refractivity contribution in [2.45, 2.75) is 39.0 Å². The second-order valence-corrected chi connectivity index (χ2v) is 7.86. The summed E-state index contributed by atoms with van der Waals surface area (Å²) in [7, 11) is 0. The minimum atomic E-state index is 0.0251. The van der Waals surface area contributed by atoms with Crippen LogP contribution in [0.5, 0.6) is 0 Å². The highest BCUT2D eigenvalue weighted by atomic mass is 14.5. The number of fused-ring (bicyclic) bond motifs is 8. The van der Waals surface area contributed by atoms with E-state index in [4.69, 9.17) is 0 Å². The normalized spacial score (nSPS) is 18.4. The van der Waals surface area contributed by atoms with Gasteiger partial charge in [0.05, 0.1) is 0 Å². The molecule has 0 heterocycles. The fraction of sp³-hybridized carbons (Fsp3) is 0.214. The molecule has 0 aliphatic heterocycles. The van der Waals surface area contributed by atoms with Crippen LogP contribution in [0.15, 0.2) is 78.9 Å². The smallest absolute Gasteiger partial charge is 0.0469 e. The Morgan fingerprint density at radius 2 is 1.32 bits per heavy atom. The topological polar surface area (TPSA) is 0 Å². The predicted octanol–water partition coefficient (Wildman–Crippen LogP) is 7.44. The Labute approximate surface area is 167 Å². The molecule has 0 bridgehead atoms. The van der Waals surface area contributed by atoms with Crippen molar-refractivity contribution in [3.05, 3.63) is 107 Å². The number of hydrogen-bond acceptors (Lipinski definition) is 0. The molecule has 4 aromatic carbocycles. The maximum absolute atomic E-state index is 2.46. The van der Waals surface area contributed by atoms with Gasteiger partial charge in [-0.2, -0.15) is 0 Å². The van der Waals surface area contributed by atoms with Crippen LogP contribution in [-0.2, 0) is 11.8 Å². The standard InChI is InChI=1S/C26H20.C2H6/c1-17-10-11-22-21-8-4-5-9-23(21)26(25(22)14-17)13-12-20-15-18-6-2-3-7-19(18)16-24(20)26;1-2/h2-11,14-16H,12-13H2,1H3;1-2H3. The molecule has 6 rings (SSSR count). The summed E-state index contributed by atoms with van der Waals surface area (Å²) < 4.78 is 0. The Morgan fingerprint density at radius 3 is 2.14 bits per heavy atom. The molecular weight excluding hydrogens is 336 g/mol. The van der Waals surface area contributed by atoms with E-state index in [1.54, 1.807) is 0 Å². The summed E-state index contributed by atoms with van der Waals surface area (Å²) in [5.41, 5.74) is 10.3. The summed E-state index contributed by atoms with van der Waals surface area (Å²) in [5.74, 6) is 0. The third kappa shape index (κ3) is 2.18. The highest BCUT2D eigenvalue weighted by Crippen LogP contribution is 2.58. The first-order valence-electron chi connectivity index (χ1n) is 10.5.